The second-order valence-corrected chi connectivity index (χ2v) is 6.19. The third-order valence-corrected chi connectivity index (χ3v) is 3.70. The van der Waals surface area contributed by atoms with Crippen LogP contribution in [0.25, 0.3) is 10.9 Å². The van der Waals surface area contributed by atoms with Gasteiger partial charge in [-0.25, -0.2) is 0 Å². The van der Waals surface area contributed by atoms with Gasteiger partial charge in [-0.05, 0) is 37.8 Å². The standard InChI is InChI=1S/C9H7N.C5H10O4S2.CH5N/c1-2-6-9-8(4-1)5-3-7-10-9;1-9-5(10)3-2-4-11(6,7)8;1-2/h1-7H;2-4H2,1H3,(H,6,7,8);2H2,1H3. The lowest BCUT2D eigenvalue weighted by atomic mass is 10.2. The van der Waals surface area contributed by atoms with E-state index >= 15 is 0 Å². The molecular formula is C15H22N2O4S2. The number of nitrogens with two attached hydrogens (primary N) is 1. The van der Waals surface area contributed by atoms with Crippen molar-refractivity contribution in [1.82, 2.24) is 4.98 Å². The van der Waals surface area contributed by atoms with Crippen LogP contribution < -0.4 is 5.73 Å². The normalized spacial score (nSPS) is 9.91. The Morgan fingerprint density at radius 2 is 1.87 bits per heavy atom. The van der Waals surface area contributed by atoms with Gasteiger partial charge in [0.05, 0.1) is 18.4 Å². The van der Waals surface area contributed by atoms with E-state index in [-0.39, 0.29) is 5.75 Å². The second kappa shape index (κ2) is 11.9. The van der Waals surface area contributed by atoms with E-state index in [2.05, 4.69) is 39.8 Å². The van der Waals surface area contributed by atoms with Gasteiger partial charge < -0.3 is 10.5 Å². The Kier molecular flexibility index (Phi) is 11.1. The van der Waals surface area contributed by atoms with E-state index in [4.69, 9.17) is 4.55 Å². The van der Waals surface area contributed by atoms with Crippen molar-refractivity contribution in [3.05, 3.63) is 42.6 Å². The summed E-state index contributed by atoms with van der Waals surface area (Å²) in [5, 5.41) is 1.55. The van der Waals surface area contributed by atoms with Gasteiger partial charge in [0.2, 0.25) is 0 Å². The van der Waals surface area contributed by atoms with Gasteiger partial charge in [-0.2, -0.15) is 8.42 Å². The first-order chi connectivity index (χ1) is 10.9. The number of pyridine rings is 1. The van der Waals surface area contributed by atoms with Crippen LogP contribution in [0.2, 0.25) is 0 Å². The maximum Gasteiger partial charge on any atom is 0.264 e. The molecule has 128 valence electrons. The first-order valence-corrected chi connectivity index (χ1v) is 8.83. The molecule has 1 aromatic carbocycles. The summed E-state index contributed by atoms with van der Waals surface area (Å²) >= 11 is 4.64. The summed E-state index contributed by atoms with van der Waals surface area (Å²) in [5.74, 6) is -0.267. The minimum Gasteiger partial charge on any atom is -0.490 e. The number of rotatable bonds is 4. The SMILES string of the molecule is CN.COC(=S)CCCS(=O)(=O)O.c1ccc2ncccc2c1. The molecule has 23 heavy (non-hydrogen) atoms. The number of benzene rings is 1. The van der Waals surface area contributed by atoms with Crippen molar-refractivity contribution in [3.63, 3.8) is 0 Å². The number of nitrogens with zero attached hydrogens (tertiary/aromatic N) is 1. The molecule has 0 spiro atoms. The average molecular weight is 358 g/mol. The van der Waals surface area contributed by atoms with Gasteiger partial charge in [0.25, 0.3) is 10.1 Å². The van der Waals surface area contributed by atoms with Gasteiger partial charge >= 0.3 is 0 Å². The molecule has 2 rings (SSSR count). The van der Waals surface area contributed by atoms with E-state index in [1.165, 1.54) is 19.5 Å². The van der Waals surface area contributed by atoms with Crippen LogP contribution in [0, 0.1) is 0 Å². The van der Waals surface area contributed by atoms with Crippen LogP contribution >= 0.6 is 12.2 Å². The van der Waals surface area contributed by atoms with Crippen molar-refractivity contribution < 1.29 is 17.7 Å². The van der Waals surface area contributed by atoms with Crippen molar-refractivity contribution in [2.24, 2.45) is 5.73 Å². The Bertz CT molecular complexity index is 625. The molecule has 0 fully saturated rings. The maximum absolute atomic E-state index is 10.2. The zero-order chi connectivity index (χ0) is 17.7. The predicted octanol–water partition coefficient (Wildman–Crippen LogP) is 2.44. The van der Waals surface area contributed by atoms with Crippen molar-refractivity contribution in [2.75, 3.05) is 19.9 Å². The summed E-state index contributed by atoms with van der Waals surface area (Å²) in [7, 11) is -0.917. The number of hydrogen-bond donors (Lipinski definition) is 2. The van der Waals surface area contributed by atoms with Gasteiger partial charge in [0.15, 0.2) is 5.05 Å². The molecule has 0 aliphatic carbocycles. The minimum atomic E-state index is -3.84. The smallest absolute Gasteiger partial charge is 0.264 e. The number of thiocarbonyl (C=S) groups is 1. The van der Waals surface area contributed by atoms with E-state index in [9.17, 15) is 8.42 Å². The monoisotopic (exact) mass is 358 g/mol. The van der Waals surface area contributed by atoms with Crippen molar-refractivity contribution in [2.45, 2.75) is 12.8 Å². The first kappa shape index (κ1) is 21.4. The minimum absolute atomic E-state index is 0.267. The quantitative estimate of drug-likeness (QED) is 0.639. The number of methoxy groups -OCH3 is 1. The van der Waals surface area contributed by atoms with Crippen molar-refractivity contribution in [1.29, 1.82) is 0 Å². The van der Waals surface area contributed by atoms with E-state index in [1.807, 2.05) is 30.5 Å². The van der Waals surface area contributed by atoms with E-state index in [0.717, 1.165) is 5.52 Å². The fourth-order valence-electron chi connectivity index (χ4n) is 1.52. The molecule has 0 saturated carbocycles. The van der Waals surface area contributed by atoms with Crippen LogP contribution in [0.5, 0.6) is 0 Å². The summed E-state index contributed by atoms with van der Waals surface area (Å²) in [5.41, 5.74) is 5.56. The molecule has 3 N–H and O–H groups in total. The van der Waals surface area contributed by atoms with Crippen LogP contribution in [0.4, 0.5) is 0 Å². The summed E-state index contributed by atoms with van der Waals surface area (Å²) in [6.45, 7) is 0. The lowest BCUT2D eigenvalue weighted by molar-refractivity contribution is 0.401. The van der Waals surface area contributed by atoms with E-state index in [1.54, 1.807) is 0 Å². The van der Waals surface area contributed by atoms with Crippen molar-refractivity contribution >= 4 is 38.3 Å². The average Bonchev–Trinajstić information content (AvgIpc) is 2.56. The molecule has 0 aliphatic rings. The van der Waals surface area contributed by atoms with Gasteiger partial charge in [-0.1, -0.05) is 24.3 Å². The predicted molar refractivity (Wildman–Crippen MR) is 97.1 cm³/mol. The van der Waals surface area contributed by atoms with Crippen LogP contribution in [0.1, 0.15) is 12.8 Å². The van der Waals surface area contributed by atoms with Gasteiger partial charge in [-0.15, -0.1) is 0 Å². The fraction of sp³-hybridized carbons (Fsp3) is 0.333. The Hall–Kier alpha value is -1.61. The second-order valence-electron chi connectivity index (χ2n) is 4.16. The first-order valence-electron chi connectivity index (χ1n) is 6.82. The zero-order valence-electron chi connectivity index (χ0n) is 13.2. The van der Waals surface area contributed by atoms with Crippen molar-refractivity contribution in [3.8, 4) is 0 Å². The van der Waals surface area contributed by atoms with Gasteiger partial charge in [0, 0.05) is 18.0 Å². The highest BCUT2D eigenvalue weighted by molar-refractivity contribution is 7.85. The Morgan fingerprint density at radius 1 is 1.26 bits per heavy atom. The Morgan fingerprint density at radius 3 is 2.43 bits per heavy atom. The highest BCUT2D eigenvalue weighted by Gasteiger charge is 2.04. The summed E-state index contributed by atoms with van der Waals surface area (Å²) in [4.78, 5) is 4.18. The third kappa shape index (κ3) is 10.7. The fourth-order valence-corrected chi connectivity index (χ4v) is 2.17. The molecule has 0 atom stereocenters. The largest absolute Gasteiger partial charge is 0.490 e. The molecular weight excluding hydrogens is 336 g/mol. The molecule has 0 saturated heterocycles. The summed E-state index contributed by atoms with van der Waals surface area (Å²) in [6, 6.07) is 12.1. The topological polar surface area (TPSA) is 103 Å². The summed E-state index contributed by atoms with van der Waals surface area (Å²) < 4.78 is 33.3. The molecule has 2 aromatic rings. The van der Waals surface area contributed by atoms with Crippen LogP contribution in [-0.2, 0) is 14.9 Å². The lowest BCUT2D eigenvalue weighted by Crippen LogP contribution is -2.06. The van der Waals surface area contributed by atoms with E-state index in [0.29, 0.717) is 17.9 Å². The Balaban J connectivity index is 0.000000380. The molecule has 0 radical (unpaired) electrons. The number of ether oxygens (including phenoxy) is 1. The molecule has 0 unspecified atom stereocenters. The Labute approximate surface area is 142 Å². The van der Waals surface area contributed by atoms with E-state index < -0.39 is 10.1 Å². The lowest BCUT2D eigenvalue weighted by Gasteiger charge is -1.99. The molecule has 1 aromatic heterocycles. The van der Waals surface area contributed by atoms with Crippen LogP contribution in [-0.4, -0.2) is 42.9 Å². The third-order valence-electron chi connectivity index (χ3n) is 2.52. The number of para-hydroxylation sites is 1. The van der Waals surface area contributed by atoms with Crippen LogP contribution in [0.3, 0.4) is 0 Å². The number of aromatic nitrogens is 1. The summed E-state index contributed by atoms with van der Waals surface area (Å²) in [6.07, 6.45) is 2.49. The highest BCUT2D eigenvalue weighted by atomic mass is 32.2. The molecule has 1 heterocycles. The molecule has 0 amide bonds. The maximum atomic E-state index is 10.2. The van der Waals surface area contributed by atoms with Gasteiger partial charge in [0.1, 0.15) is 0 Å². The number of hydrogen-bond acceptors (Lipinski definition) is 6. The molecule has 0 bridgehead atoms. The van der Waals surface area contributed by atoms with Crippen LogP contribution in [0.15, 0.2) is 42.6 Å². The van der Waals surface area contributed by atoms with Gasteiger partial charge in [-0.3, -0.25) is 9.54 Å². The molecule has 6 nitrogen and oxygen atoms in total. The highest BCUT2D eigenvalue weighted by Crippen LogP contribution is 2.07. The zero-order valence-corrected chi connectivity index (χ0v) is 14.8. The molecule has 8 heteroatoms. The molecule has 0 aliphatic heterocycles. The number of fused-ring (bicyclic) bond motifs is 1.